The van der Waals surface area contributed by atoms with Gasteiger partial charge in [0.2, 0.25) is 0 Å². The first-order valence-corrected chi connectivity index (χ1v) is 7.34. The van der Waals surface area contributed by atoms with E-state index in [1.807, 2.05) is 18.2 Å². The van der Waals surface area contributed by atoms with E-state index in [9.17, 15) is 0 Å². The van der Waals surface area contributed by atoms with Gasteiger partial charge < -0.3 is 14.9 Å². The van der Waals surface area contributed by atoms with Crippen molar-refractivity contribution in [2.24, 2.45) is 0 Å². The molecule has 2 N–H and O–H groups in total. The predicted octanol–water partition coefficient (Wildman–Crippen LogP) is 2.23. The summed E-state index contributed by atoms with van der Waals surface area (Å²) in [7, 11) is 0. The number of aromatic nitrogens is 5. The second-order valence-electron chi connectivity index (χ2n) is 5.15. The van der Waals surface area contributed by atoms with Crippen molar-refractivity contribution >= 4 is 16.7 Å². The van der Waals surface area contributed by atoms with Gasteiger partial charge in [0.05, 0.1) is 17.6 Å². The average Bonchev–Trinajstić information content (AvgIpc) is 3.04. The Labute approximate surface area is 123 Å². The lowest BCUT2D eigenvalue weighted by Gasteiger charge is -2.09. The molecule has 3 rings (SSSR count). The summed E-state index contributed by atoms with van der Waals surface area (Å²) < 4.78 is 4.27. The molecular formula is C15H20N6. The molecule has 0 radical (unpaired) electrons. The van der Waals surface area contributed by atoms with Gasteiger partial charge in [0.25, 0.3) is 0 Å². The molecule has 6 heteroatoms. The van der Waals surface area contributed by atoms with Gasteiger partial charge in [0, 0.05) is 18.7 Å². The van der Waals surface area contributed by atoms with Crippen LogP contribution in [0.4, 0.5) is 5.69 Å². The quantitative estimate of drug-likeness (QED) is 0.729. The largest absolute Gasteiger partial charge is 0.399 e. The topological polar surface area (TPSA) is 74.6 Å². The molecule has 0 atom stereocenters. The molecule has 0 aliphatic heterocycles. The monoisotopic (exact) mass is 284 g/mol. The lowest BCUT2D eigenvalue weighted by atomic mass is 10.3. The van der Waals surface area contributed by atoms with Crippen molar-refractivity contribution < 1.29 is 0 Å². The predicted molar refractivity (Wildman–Crippen MR) is 82.9 cm³/mol. The highest BCUT2D eigenvalue weighted by atomic mass is 15.3. The van der Waals surface area contributed by atoms with E-state index >= 15 is 0 Å². The van der Waals surface area contributed by atoms with Crippen LogP contribution in [0.15, 0.2) is 24.5 Å². The second kappa shape index (κ2) is 5.55. The van der Waals surface area contributed by atoms with Gasteiger partial charge >= 0.3 is 0 Å². The SMILES string of the molecule is CCCc1nc2cc(N)ccc2n1Cc1nncn1CC. The number of imidazole rings is 1. The summed E-state index contributed by atoms with van der Waals surface area (Å²) in [5.41, 5.74) is 8.65. The van der Waals surface area contributed by atoms with E-state index in [-0.39, 0.29) is 0 Å². The zero-order valence-electron chi connectivity index (χ0n) is 12.5. The van der Waals surface area contributed by atoms with Crippen molar-refractivity contribution in [2.75, 3.05) is 5.73 Å². The van der Waals surface area contributed by atoms with Crippen molar-refractivity contribution in [1.29, 1.82) is 0 Å². The molecule has 0 saturated heterocycles. The highest BCUT2D eigenvalue weighted by Gasteiger charge is 2.13. The van der Waals surface area contributed by atoms with Gasteiger partial charge in [-0.25, -0.2) is 4.98 Å². The number of rotatable bonds is 5. The Morgan fingerprint density at radius 2 is 2.05 bits per heavy atom. The van der Waals surface area contributed by atoms with Crippen LogP contribution < -0.4 is 5.73 Å². The molecule has 110 valence electrons. The molecule has 0 aliphatic carbocycles. The van der Waals surface area contributed by atoms with Crippen LogP contribution in [-0.4, -0.2) is 24.3 Å². The summed E-state index contributed by atoms with van der Waals surface area (Å²) in [6.45, 7) is 5.80. The number of hydrogen-bond donors (Lipinski definition) is 1. The van der Waals surface area contributed by atoms with E-state index in [4.69, 9.17) is 10.7 Å². The van der Waals surface area contributed by atoms with Crippen molar-refractivity contribution in [2.45, 2.75) is 39.8 Å². The van der Waals surface area contributed by atoms with E-state index in [0.717, 1.165) is 47.8 Å². The van der Waals surface area contributed by atoms with E-state index in [1.54, 1.807) is 6.33 Å². The van der Waals surface area contributed by atoms with Crippen LogP contribution >= 0.6 is 0 Å². The first-order chi connectivity index (χ1) is 10.2. The van der Waals surface area contributed by atoms with Crippen LogP contribution in [0.2, 0.25) is 0 Å². The molecule has 0 saturated carbocycles. The molecule has 0 fully saturated rings. The van der Waals surface area contributed by atoms with Crippen LogP contribution in [-0.2, 0) is 19.5 Å². The van der Waals surface area contributed by atoms with Crippen molar-refractivity contribution in [1.82, 2.24) is 24.3 Å². The van der Waals surface area contributed by atoms with Crippen LogP contribution in [0.5, 0.6) is 0 Å². The maximum absolute atomic E-state index is 5.86. The Morgan fingerprint density at radius 3 is 2.81 bits per heavy atom. The van der Waals surface area contributed by atoms with Crippen LogP contribution in [0, 0.1) is 0 Å². The summed E-state index contributed by atoms with van der Waals surface area (Å²) in [4.78, 5) is 4.72. The Balaban J connectivity index is 2.08. The minimum atomic E-state index is 0.684. The van der Waals surface area contributed by atoms with Gasteiger partial charge in [-0.2, -0.15) is 0 Å². The molecule has 6 nitrogen and oxygen atoms in total. The summed E-state index contributed by atoms with van der Waals surface area (Å²) in [5, 5.41) is 8.23. The van der Waals surface area contributed by atoms with E-state index in [0.29, 0.717) is 6.54 Å². The molecule has 1 aromatic carbocycles. The summed E-state index contributed by atoms with van der Waals surface area (Å²) in [6.07, 6.45) is 3.76. The number of benzene rings is 1. The van der Waals surface area contributed by atoms with Crippen LogP contribution in [0.1, 0.15) is 31.9 Å². The molecule has 0 bridgehead atoms. The van der Waals surface area contributed by atoms with Crippen molar-refractivity contribution in [3.63, 3.8) is 0 Å². The lowest BCUT2D eigenvalue weighted by molar-refractivity contribution is 0.635. The molecule has 0 aliphatic rings. The fraction of sp³-hybridized carbons (Fsp3) is 0.400. The van der Waals surface area contributed by atoms with E-state index in [1.165, 1.54) is 0 Å². The maximum atomic E-state index is 5.86. The smallest absolute Gasteiger partial charge is 0.152 e. The summed E-state index contributed by atoms with van der Waals surface area (Å²) >= 11 is 0. The fourth-order valence-corrected chi connectivity index (χ4v) is 2.59. The molecular weight excluding hydrogens is 264 g/mol. The summed E-state index contributed by atoms with van der Waals surface area (Å²) in [6, 6.07) is 5.87. The van der Waals surface area contributed by atoms with Crippen molar-refractivity contribution in [3.8, 4) is 0 Å². The fourth-order valence-electron chi connectivity index (χ4n) is 2.59. The molecule has 3 aromatic rings. The van der Waals surface area contributed by atoms with Gasteiger partial charge in [-0.1, -0.05) is 6.92 Å². The number of aryl methyl sites for hydroxylation is 2. The van der Waals surface area contributed by atoms with Crippen LogP contribution in [0.3, 0.4) is 0 Å². The third-order valence-corrected chi connectivity index (χ3v) is 3.66. The van der Waals surface area contributed by atoms with E-state index < -0.39 is 0 Å². The Hall–Kier alpha value is -2.37. The average molecular weight is 284 g/mol. The zero-order chi connectivity index (χ0) is 14.8. The van der Waals surface area contributed by atoms with Crippen molar-refractivity contribution in [3.05, 3.63) is 36.2 Å². The number of nitrogens with zero attached hydrogens (tertiary/aromatic N) is 5. The Bertz CT molecular complexity index is 755. The van der Waals surface area contributed by atoms with Gasteiger partial charge in [-0.3, -0.25) is 0 Å². The molecule has 2 aromatic heterocycles. The van der Waals surface area contributed by atoms with Gasteiger partial charge in [0.15, 0.2) is 5.82 Å². The Kier molecular flexibility index (Phi) is 3.60. The first kappa shape index (κ1) is 13.6. The molecule has 0 amide bonds. The number of nitrogens with two attached hydrogens (primary N) is 1. The zero-order valence-corrected chi connectivity index (χ0v) is 12.5. The molecule has 0 unspecified atom stereocenters. The number of nitrogen functional groups attached to an aromatic ring is 1. The number of hydrogen-bond acceptors (Lipinski definition) is 4. The van der Waals surface area contributed by atoms with Gasteiger partial charge in [-0.15, -0.1) is 10.2 Å². The highest BCUT2D eigenvalue weighted by Crippen LogP contribution is 2.21. The minimum absolute atomic E-state index is 0.684. The van der Waals surface area contributed by atoms with Crippen LogP contribution in [0.25, 0.3) is 11.0 Å². The summed E-state index contributed by atoms with van der Waals surface area (Å²) in [5.74, 6) is 2.02. The Morgan fingerprint density at radius 1 is 1.19 bits per heavy atom. The lowest BCUT2D eigenvalue weighted by Crippen LogP contribution is -2.10. The third-order valence-electron chi connectivity index (χ3n) is 3.66. The molecule has 0 spiro atoms. The normalized spacial score (nSPS) is 11.3. The number of fused-ring (bicyclic) bond motifs is 1. The standard InChI is InChI=1S/C15H20N6/c1-3-5-14-18-12-8-11(16)6-7-13(12)21(14)9-15-19-17-10-20(15)4-2/h6-8,10H,3-5,9,16H2,1-2H3. The maximum Gasteiger partial charge on any atom is 0.152 e. The second-order valence-corrected chi connectivity index (χ2v) is 5.15. The highest BCUT2D eigenvalue weighted by molar-refractivity contribution is 5.79. The molecule has 2 heterocycles. The first-order valence-electron chi connectivity index (χ1n) is 7.34. The number of anilines is 1. The van der Waals surface area contributed by atoms with Gasteiger partial charge in [-0.05, 0) is 31.5 Å². The minimum Gasteiger partial charge on any atom is -0.399 e. The molecule has 21 heavy (non-hydrogen) atoms. The van der Waals surface area contributed by atoms with E-state index in [2.05, 4.69) is 33.2 Å². The third kappa shape index (κ3) is 2.49. The van der Waals surface area contributed by atoms with Gasteiger partial charge in [0.1, 0.15) is 12.2 Å².